The molecule has 2 fully saturated rings. The number of carbonyl (C=O) groups excluding carboxylic acids is 3. The number of primary amides is 1. The highest BCUT2D eigenvalue weighted by atomic mass is 16.6. The molecular weight excluding hydrogens is 466 g/mol. The molecular formula is C31H55NO5. The predicted molar refractivity (Wildman–Crippen MR) is 148 cm³/mol. The van der Waals surface area contributed by atoms with Gasteiger partial charge in [0.05, 0.1) is 5.92 Å². The summed E-state index contributed by atoms with van der Waals surface area (Å²) in [7, 11) is 0. The summed E-state index contributed by atoms with van der Waals surface area (Å²) in [6.45, 7) is 4.25. The minimum atomic E-state index is -1.17. The van der Waals surface area contributed by atoms with Crippen LogP contribution in [0.25, 0.3) is 0 Å². The van der Waals surface area contributed by atoms with Crippen molar-refractivity contribution in [3.8, 4) is 0 Å². The normalized spacial score (nSPS) is 21.3. The van der Waals surface area contributed by atoms with Crippen LogP contribution in [0.5, 0.6) is 0 Å². The summed E-state index contributed by atoms with van der Waals surface area (Å²) in [6, 6.07) is 0. The third-order valence-electron chi connectivity index (χ3n) is 8.68. The molecule has 2 aliphatic rings. The second-order valence-electron chi connectivity index (χ2n) is 11.6. The molecule has 0 aromatic carbocycles. The van der Waals surface area contributed by atoms with Crippen molar-refractivity contribution in [1.29, 1.82) is 0 Å². The van der Waals surface area contributed by atoms with Gasteiger partial charge in [0, 0.05) is 6.42 Å². The molecule has 0 radical (unpaired) electrons. The Morgan fingerprint density at radius 3 is 1.78 bits per heavy atom. The van der Waals surface area contributed by atoms with E-state index in [1.807, 2.05) is 6.92 Å². The van der Waals surface area contributed by atoms with Crippen LogP contribution in [0.3, 0.4) is 0 Å². The fraction of sp³-hybridized carbons (Fsp3) is 0.903. The Balaban J connectivity index is 1.63. The number of hydrogen-bond acceptors (Lipinski definition) is 5. The first-order valence-electron chi connectivity index (χ1n) is 15.7. The summed E-state index contributed by atoms with van der Waals surface area (Å²) < 4.78 is 11.3. The van der Waals surface area contributed by atoms with Gasteiger partial charge in [0.1, 0.15) is 17.6 Å². The van der Waals surface area contributed by atoms with Crippen LogP contribution in [-0.4, -0.2) is 30.1 Å². The van der Waals surface area contributed by atoms with Crippen LogP contribution in [0, 0.1) is 11.3 Å². The lowest BCUT2D eigenvalue weighted by atomic mass is 9.85. The molecule has 2 N–H and O–H groups in total. The molecule has 1 aliphatic carbocycles. The highest BCUT2D eigenvalue weighted by Crippen LogP contribution is 2.40. The quantitative estimate of drug-likeness (QED) is 0.0901. The molecule has 1 saturated heterocycles. The van der Waals surface area contributed by atoms with Crippen LogP contribution in [0.1, 0.15) is 155 Å². The first-order chi connectivity index (χ1) is 17.9. The fourth-order valence-corrected chi connectivity index (χ4v) is 6.06. The van der Waals surface area contributed by atoms with E-state index in [0.717, 1.165) is 38.5 Å². The lowest BCUT2D eigenvalue weighted by Crippen LogP contribution is -2.48. The average molecular weight is 522 g/mol. The maximum absolute atomic E-state index is 13.1. The van der Waals surface area contributed by atoms with Gasteiger partial charge in [-0.05, 0) is 32.1 Å². The van der Waals surface area contributed by atoms with Crippen LogP contribution in [0.2, 0.25) is 0 Å². The minimum Gasteiger partial charge on any atom is -0.461 e. The number of nitrogens with two attached hydrogens (primary N) is 1. The monoisotopic (exact) mass is 521 g/mol. The van der Waals surface area contributed by atoms with Gasteiger partial charge in [-0.2, -0.15) is 0 Å². The van der Waals surface area contributed by atoms with Crippen molar-refractivity contribution in [2.75, 3.05) is 0 Å². The Bertz CT molecular complexity index is 673. The van der Waals surface area contributed by atoms with Crippen molar-refractivity contribution in [2.45, 2.75) is 167 Å². The lowest BCUT2D eigenvalue weighted by Gasteiger charge is -2.37. The van der Waals surface area contributed by atoms with Gasteiger partial charge in [-0.15, -0.1) is 0 Å². The van der Waals surface area contributed by atoms with Crippen molar-refractivity contribution < 1.29 is 23.9 Å². The Kier molecular flexibility index (Phi) is 15.2. The molecule has 214 valence electrons. The topological polar surface area (TPSA) is 95.7 Å². The predicted octanol–water partition coefficient (Wildman–Crippen LogP) is 7.55. The Labute approximate surface area is 226 Å². The summed E-state index contributed by atoms with van der Waals surface area (Å²) in [5, 5.41) is 0. The first-order valence-corrected chi connectivity index (χ1v) is 15.7. The average Bonchev–Trinajstić information content (AvgIpc) is 3.38. The van der Waals surface area contributed by atoms with Crippen molar-refractivity contribution >= 4 is 17.8 Å². The van der Waals surface area contributed by atoms with Crippen molar-refractivity contribution in [2.24, 2.45) is 17.1 Å². The van der Waals surface area contributed by atoms with E-state index in [-0.39, 0.29) is 24.1 Å². The van der Waals surface area contributed by atoms with E-state index in [2.05, 4.69) is 6.92 Å². The van der Waals surface area contributed by atoms with E-state index in [1.54, 1.807) is 0 Å². The summed E-state index contributed by atoms with van der Waals surface area (Å²) >= 11 is 0. The molecule has 0 aromatic rings. The number of esters is 2. The number of amides is 1. The number of rotatable bonds is 22. The van der Waals surface area contributed by atoms with Crippen molar-refractivity contribution in [3.63, 3.8) is 0 Å². The molecule has 1 heterocycles. The lowest BCUT2D eigenvalue weighted by molar-refractivity contribution is -0.190. The van der Waals surface area contributed by atoms with Gasteiger partial charge in [0.2, 0.25) is 5.91 Å². The standard InChI is InChI=1S/C31H55NO5/c1-3-5-6-7-8-9-10-11-12-13-14-15-16-17-18-21-25(24-27-26(4-2)28(33)37-27)36-30(35)31(29(32)34)22-19-20-23-31/h25-27H,3-24H2,1-2H3,(H2,32,34)/t25?,26-,27-/m0/s1. The smallest absolute Gasteiger partial charge is 0.321 e. The van der Waals surface area contributed by atoms with E-state index in [1.165, 1.54) is 83.5 Å². The first kappa shape index (κ1) is 31.6. The number of unbranched alkanes of at least 4 members (excludes halogenated alkanes) is 14. The van der Waals surface area contributed by atoms with Crippen LogP contribution in [0.15, 0.2) is 0 Å². The molecule has 1 saturated carbocycles. The number of hydrogen-bond donors (Lipinski definition) is 1. The molecule has 1 unspecified atom stereocenters. The van der Waals surface area contributed by atoms with Gasteiger partial charge in [0.25, 0.3) is 0 Å². The fourth-order valence-electron chi connectivity index (χ4n) is 6.06. The van der Waals surface area contributed by atoms with E-state index in [4.69, 9.17) is 15.2 Å². The van der Waals surface area contributed by atoms with Gasteiger partial charge in [-0.25, -0.2) is 0 Å². The molecule has 0 bridgehead atoms. The highest BCUT2D eigenvalue weighted by molar-refractivity contribution is 6.02. The summed E-state index contributed by atoms with van der Waals surface area (Å²) in [5.41, 5.74) is 4.46. The summed E-state index contributed by atoms with van der Waals surface area (Å²) in [5.74, 6) is -1.31. The highest BCUT2D eigenvalue weighted by Gasteiger charge is 2.49. The number of cyclic esters (lactones) is 1. The number of ether oxygens (including phenoxy) is 2. The molecule has 1 amide bonds. The molecule has 37 heavy (non-hydrogen) atoms. The van der Waals surface area contributed by atoms with Crippen molar-refractivity contribution in [1.82, 2.24) is 0 Å². The van der Waals surface area contributed by atoms with Crippen LogP contribution in [0.4, 0.5) is 0 Å². The van der Waals surface area contributed by atoms with E-state index >= 15 is 0 Å². The maximum atomic E-state index is 13.1. The molecule has 0 spiro atoms. The van der Waals surface area contributed by atoms with Crippen LogP contribution >= 0.6 is 0 Å². The third kappa shape index (κ3) is 10.6. The largest absolute Gasteiger partial charge is 0.461 e. The SMILES string of the molecule is CCCCCCCCCCCCCCCCCC(C[C@@H]1OC(=O)[C@H]1CC)OC(=O)C1(C(N)=O)CCCC1. The van der Waals surface area contributed by atoms with Gasteiger partial charge >= 0.3 is 11.9 Å². The Hall–Kier alpha value is -1.59. The zero-order chi connectivity index (χ0) is 26.9. The molecule has 6 nitrogen and oxygen atoms in total. The summed E-state index contributed by atoms with van der Waals surface area (Å²) in [4.78, 5) is 36.9. The molecule has 1 aliphatic heterocycles. The van der Waals surface area contributed by atoms with Crippen LogP contribution < -0.4 is 5.73 Å². The zero-order valence-electron chi connectivity index (χ0n) is 23.9. The van der Waals surface area contributed by atoms with E-state index in [0.29, 0.717) is 19.3 Å². The number of carbonyl (C=O) groups is 3. The third-order valence-corrected chi connectivity index (χ3v) is 8.68. The van der Waals surface area contributed by atoms with Gasteiger partial charge in [0.15, 0.2) is 0 Å². The minimum absolute atomic E-state index is 0.112. The summed E-state index contributed by atoms with van der Waals surface area (Å²) in [6.07, 6.45) is 23.6. The molecule has 0 aromatic heterocycles. The zero-order valence-corrected chi connectivity index (χ0v) is 23.9. The molecule has 2 rings (SSSR count). The second kappa shape index (κ2) is 17.8. The maximum Gasteiger partial charge on any atom is 0.321 e. The van der Waals surface area contributed by atoms with Crippen molar-refractivity contribution in [3.05, 3.63) is 0 Å². The van der Waals surface area contributed by atoms with E-state index < -0.39 is 17.3 Å². The Morgan fingerprint density at radius 1 is 0.865 bits per heavy atom. The van der Waals surface area contributed by atoms with E-state index in [9.17, 15) is 14.4 Å². The molecule has 6 heteroatoms. The molecule has 3 atom stereocenters. The van der Waals surface area contributed by atoms with Gasteiger partial charge in [-0.1, -0.05) is 117 Å². The Morgan fingerprint density at radius 2 is 1.35 bits per heavy atom. The van der Waals surface area contributed by atoms with Gasteiger partial charge in [-0.3, -0.25) is 14.4 Å². The van der Waals surface area contributed by atoms with Crippen LogP contribution in [-0.2, 0) is 23.9 Å². The van der Waals surface area contributed by atoms with Gasteiger partial charge < -0.3 is 15.2 Å². The second-order valence-corrected chi connectivity index (χ2v) is 11.6.